The van der Waals surface area contributed by atoms with Crippen LogP contribution in [0.15, 0.2) is 41.1 Å². The molecule has 4 nitrogen and oxygen atoms in total. The molecule has 104 valence electrons. The molecule has 0 atom stereocenters. The quantitative estimate of drug-likeness (QED) is 0.698. The van der Waals surface area contributed by atoms with Gasteiger partial charge < -0.3 is 4.57 Å². The highest BCUT2D eigenvalue weighted by Gasteiger charge is 2.15. The SMILES string of the molecule is CC(C)n1c(-c2cncc(Br)c2)nc2cc(C#N)ccc21. The van der Waals surface area contributed by atoms with Crippen LogP contribution >= 0.6 is 15.9 Å². The van der Waals surface area contributed by atoms with Gasteiger partial charge in [-0.3, -0.25) is 4.98 Å². The van der Waals surface area contributed by atoms with Crippen molar-refractivity contribution in [2.45, 2.75) is 19.9 Å². The number of nitrogens with zero attached hydrogens (tertiary/aromatic N) is 4. The molecule has 0 aliphatic carbocycles. The zero-order valence-electron chi connectivity index (χ0n) is 11.7. The molecule has 21 heavy (non-hydrogen) atoms. The Labute approximate surface area is 131 Å². The molecule has 0 amide bonds. The maximum atomic E-state index is 9.03. The lowest BCUT2D eigenvalue weighted by atomic mass is 10.2. The third-order valence-corrected chi connectivity index (χ3v) is 3.73. The Morgan fingerprint density at radius 2 is 2.05 bits per heavy atom. The van der Waals surface area contributed by atoms with Gasteiger partial charge in [0.1, 0.15) is 5.82 Å². The third kappa shape index (κ3) is 2.43. The van der Waals surface area contributed by atoms with Gasteiger partial charge in [0.2, 0.25) is 0 Å². The van der Waals surface area contributed by atoms with Crippen molar-refractivity contribution >= 4 is 27.0 Å². The van der Waals surface area contributed by atoms with Crippen LogP contribution < -0.4 is 0 Å². The second kappa shape index (κ2) is 5.30. The number of aromatic nitrogens is 3. The van der Waals surface area contributed by atoms with Gasteiger partial charge in [0.15, 0.2) is 0 Å². The van der Waals surface area contributed by atoms with Crippen molar-refractivity contribution in [2.24, 2.45) is 0 Å². The van der Waals surface area contributed by atoms with E-state index in [2.05, 4.69) is 45.4 Å². The Balaban J connectivity index is 2.31. The average molecular weight is 341 g/mol. The van der Waals surface area contributed by atoms with E-state index in [1.165, 1.54) is 0 Å². The van der Waals surface area contributed by atoms with E-state index in [9.17, 15) is 0 Å². The lowest BCUT2D eigenvalue weighted by Crippen LogP contribution is -2.03. The number of fused-ring (bicyclic) bond motifs is 1. The summed E-state index contributed by atoms with van der Waals surface area (Å²) in [5.74, 6) is 0.865. The van der Waals surface area contributed by atoms with E-state index >= 15 is 0 Å². The Bertz CT molecular complexity index is 858. The van der Waals surface area contributed by atoms with E-state index in [0.29, 0.717) is 5.56 Å². The van der Waals surface area contributed by atoms with Gasteiger partial charge in [-0.25, -0.2) is 4.98 Å². The van der Waals surface area contributed by atoms with Crippen molar-refractivity contribution in [3.63, 3.8) is 0 Å². The first kappa shape index (κ1) is 13.8. The van der Waals surface area contributed by atoms with Crippen LogP contribution in [0, 0.1) is 11.3 Å². The molecule has 0 aliphatic rings. The van der Waals surface area contributed by atoms with Crippen LogP contribution in [-0.4, -0.2) is 14.5 Å². The molecule has 2 aromatic heterocycles. The van der Waals surface area contributed by atoms with Crippen LogP contribution in [0.4, 0.5) is 0 Å². The molecule has 0 unspecified atom stereocenters. The molecular weight excluding hydrogens is 328 g/mol. The zero-order valence-corrected chi connectivity index (χ0v) is 13.3. The number of pyridine rings is 1. The van der Waals surface area contributed by atoms with Crippen LogP contribution in [0.25, 0.3) is 22.4 Å². The second-order valence-electron chi connectivity index (χ2n) is 5.11. The highest BCUT2D eigenvalue weighted by atomic mass is 79.9. The van der Waals surface area contributed by atoms with Gasteiger partial charge in [-0.2, -0.15) is 5.26 Å². The van der Waals surface area contributed by atoms with Crippen molar-refractivity contribution in [3.05, 3.63) is 46.7 Å². The molecule has 2 heterocycles. The van der Waals surface area contributed by atoms with E-state index in [1.54, 1.807) is 12.4 Å². The van der Waals surface area contributed by atoms with Gasteiger partial charge >= 0.3 is 0 Å². The summed E-state index contributed by atoms with van der Waals surface area (Å²) in [7, 11) is 0. The molecule has 0 N–H and O–H groups in total. The first-order chi connectivity index (χ1) is 10.1. The van der Waals surface area contributed by atoms with Gasteiger partial charge in [-0.1, -0.05) is 0 Å². The monoisotopic (exact) mass is 340 g/mol. The summed E-state index contributed by atoms with van der Waals surface area (Å²) < 4.78 is 3.08. The Hall–Kier alpha value is -2.19. The summed E-state index contributed by atoms with van der Waals surface area (Å²) in [6.45, 7) is 4.24. The minimum Gasteiger partial charge on any atom is -0.321 e. The Kier molecular flexibility index (Phi) is 3.48. The molecule has 0 bridgehead atoms. The normalized spacial score (nSPS) is 11.0. The van der Waals surface area contributed by atoms with Gasteiger partial charge in [-0.05, 0) is 54.0 Å². The number of hydrogen-bond donors (Lipinski definition) is 0. The molecule has 5 heteroatoms. The summed E-state index contributed by atoms with van der Waals surface area (Å²) in [5, 5.41) is 9.03. The van der Waals surface area contributed by atoms with Crippen LogP contribution in [0.5, 0.6) is 0 Å². The molecule has 0 fully saturated rings. The highest BCUT2D eigenvalue weighted by Crippen LogP contribution is 2.29. The lowest BCUT2D eigenvalue weighted by molar-refractivity contribution is 0.624. The molecule has 1 aromatic carbocycles. The van der Waals surface area contributed by atoms with Gasteiger partial charge in [0, 0.05) is 28.5 Å². The summed E-state index contributed by atoms with van der Waals surface area (Å²) in [6, 6.07) is 10.0. The van der Waals surface area contributed by atoms with Crippen molar-refractivity contribution in [1.29, 1.82) is 5.26 Å². The number of halogens is 1. The summed E-state index contributed by atoms with van der Waals surface area (Å²) in [6.07, 6.45) is 3.55. The maximum absolute atomic E-state index is 9.03. The van der Waals surface area contributed by atoms with Crippen molar-refractivity contribution in [2.75, 3.05) is 0 Å². The minimum atomic E-state index is 0.261. The Morgan fingerprint density at radius 1 is 1.24 bits per heavy atom. The molecule has 3 aromatic rings. The molecule has 0 aliphatic heterocycles. The number of rotatable bonds is 2. The largest absolute Gasteiger partial charge is 0.321 e. The molecule has 0 spiro atoms. The summed E-state index contributed by atoms with van der Waals surface area (Å²) in [4.78, 5) is 8.92. The minimum absolute atomic E-state index is 0.261. The van der Waals surface area contributed by atoms with E-state index in [4.69, 9.17) is 10.2 Å². The summed E-state index contributed by atoms with van der Waals surface area (Å²) in [5.41, 5.74) is 3.43. The number of hydrogen-bond acceptors (Lipinski definition) is 3. The molecule has 0 radical (unpaired) electrons. The van der Waals surface area contributed by atoms with E-state index < -0.39 is 0 Å². The van der Waals surface area contributed by atoms with Gasteiger partial charge in [0.05, 0.1) is 22.7 Å². The topological polar surface area (TPSA) is 54.5 Å². The first-order valence-electron chi connectivity index (χ1n) is 6.63. The van der Waals surface area contributed by atoms with Crippen LogP contribution in [-0.2, 0) is 0 Å². The maximum Gasteiger partial charge on any atom is 0.142 e. The molecule has 3 rings (SSSR count). The predicted molar refractivity (Wildman–Crippen MR) is 85.8 cm³/mol. The van der Waals surface area contributed by atoms with Crippen molar-refractivity contribution in [1.82, 2.24) is 14.5 Å². The van der Waals surface area contributed by atoms with Crippen LogP contribution in [0.1, 0.15) is 25.5 Å². The van der Waals surface area contributed by atoms with E-state index in [-0.39, 0.29) is 6.04 Å². The van der Waals surface area contributed by atoms with Crippen LogP contribution in [0.2, 0.25) is 0 Å². The predicted octanol–water partition coefficient (Wildman–Crippen LogP) is 4.31. The Morgan fingerprint density at radius 3 is 2.71 bits per heavy atom. The first-order valence-corrected chi connectivity index (χ1v) is 7.42. The van der Waals surface area contributed by atoms with Crippen molar-refractivity contribution in [3.8, 4) is 17.5 Å². The van der Waals surface area contributed by atoms with Crippen molar-refractivity contribution < 1.29 is 0 Å². The molecule has 0 saturated heterocycles. The highest BCUT2D eigenvalue weighted by molar-refractivity contribution is 9.10. The zero-order chi connectivity index (χ0) is 15.0. The second-order valence-corrected chi connectivity index (χ2v) is 6.02. The summed E-state index contributed by atoms with van der Waals surface area (Å²) >= 11 is 3.45. The number of benzene rings is 1. The molecule has 0 saturated carbocycles. The third-order valence-electron chi connectivity index (χ3n) is 3.30. The fourth-order valence-electron chi connectivity index (χ4n) is 2.43. The number of nitriles is 1. The van der Waals surface area contributed by atoms with Gasteiger partial charge in [0.25, 0.3) is 0 Å². The van der Waals surface area contributed by atoms with Crippen LogP contribution in [0.3, 0.4) is 0 Å². The smallest absolute Gasteiger partial charge is 0.142 e. The number of imidazole rings is 1. The average Bonchev–Trinajstić information content (AvgIpc) is 2.85. The fraction of sp³-hybridized carbons (Fsp3) is 0.188. The lowest BCUT2D eigenvalue weighted by Gasteiger charge is -2.13. The standard InChI is InChI=1S/C16H13BrN4/c1-10(2)21-15-4-3-11(7-18)5-14(15)20-16(21)12-6-13(17)9-19-8-12/h3-6,8-10H,1-2H3. The van der Waals surface area contributed by atoms with Gasteiger partial charge in [-0.15, -0.1) is 0 Å². The van der Waals surface area contributed by atoms with E-state index in [0.717, 1.165) is 26.9 Å². The molecular formula is C16H13BrN4. The van der Waals surface area contributed by atoms with E-state index in [1.807, 2.05) is 24.3 Å². The fourth-order valence-corrected chi connectivity index (χ4v) is 2.79.